The number of aromatic nitrogens is 2. The number of amides is 1. The lowest BCUT2D eigenvalue weighted by molar-refractivity contribution is 0.102. The van der Waals surface area contributed by atoms with Gasteiger partial charge in [0.1, 0.15) is 5.01 Å². The summed E-state index contributed by atoms with van der Waals surface area (Å²) in [5, 5.41) is 11.9. The first-order valence-corrected chi connectivity index (χ1v) is 6.90. The lowest BCUT2D eigenvalue weighted by Crippen LogP contribution is -2.13. The monoisotopic (exact) mass is 274 g/mol. The SMILES string of the molecule is Cc1nnc(NC(=O)c2ccc3c(c2)CCN3C)s1. The molecule has 0 saturated heterocycles. The molecule has 1 aliphatic heterocycles. The van der Waals surface area contributed by atoms with Gasteiger partial charge >= 0.3 is 0 Å². The quantitative estimate of drug-likeness (QED) is 0.911. The molecule has 98 valence electrons. The van der Waals surface area contributed by atoms with Crippen LogP contribution in [-0.2, 0) is 6.42 Å². The number of hydrogen-bond acceptors (Lipinski definition) is 5. The number of nitrogens with one attached hydrogen (secondary N) is 1. The molecule has 0 spiro atoms. The van der Waals surface area contributed by atoms with Crippen LogP contribution in [0.1, 0.15) is 20.9 Å². The molecule has 0 fully saturated rings. The number of carbonyl (C=O) groups excluding carboxylic acids is 1. The number of rotatable bonds is 2. The average Bonchev–Trinajstić information content (AvgIpc) is 2.96. The molecule has 1 N–H and O–H groups in total. The van der Waals surface area contributed by atoms with Crippen LogP contribution in [0.5, 0.6) is 0 Å². The minimum atomic E-state index is -0.131. The predicted molar refractivity (Wildman–Crippen MR) is 76.0 cm³/mol. The van der Waals surface area contributed by atoms with E-state index in [1.807, 2.05) is 25.1 Å². The van der Waals surface area contributed by atoms with Gasteiger partial charge in [-0.2, -0.15) is 0 Å². The van der Waals surface area contributed by atoms with Crippen LogP contribution < -0.4 is 10.2 Å². The Bertz CT molecular complexity index is 637. The first kappa shape index (κ1) is 12.1. The summed E-state index contributed by atoms with van der Waals surface area (Å²) < 4.78 is 0. The Labute approximate surface area is 115 Å². The van der Waals surface area contributed by atoms with Gasteiger partial charge < -0.3 is 4.90 Å². The van der Waals surface area contributed by atoms with Gasteiger partial charge in [0, 0.05) is 24.8 Å². The zero-order valence-corrected chi connectivity index (χ0v) is 11.6. The van der Waals surface area contributed by atoms with E-state index >= 15 is 0 Å². The molecule has 1 aliphatic rings. The second kappa shape index (κ2) is 4.62. The lowest BCUT2D eigenvalue weighted by atomic mass is 10.1. The summed E-state index contributed by atoms with van der Waals surface area (Å²) >= 11 is 1.37. The summed E-state index contributed by atoms with van der Waals surface area (Å²) in [6, 6.07) is 5.81. The highest BCUT2D eigenvalue weighted by molar-refractivity contribution is 7.15. The van der Waals surface area contributed by atoms with Crippen LogP contribution in [0.15, 0.2) is 18.2 Å². The molecule has 1 aromatic carbocycles. The Morgan fingerprint density at radius 3 is 3.00 bits per heavy atom. The summed E-state index contributed by atoms with van der Waals surface area (Å²) in [6.07, 6.45) is 0.991. The number of aryl methyl sites for hydroxylation is 1. The van der Waals surface area contributed by atoms with Crippen molar-refractivity contribution in [1.82, 2.24) is 10.2 Å². The highest BCUT2D eigenvalue weighted by atomic mass is 32.1. The van der Waals surface area contributed by atoms with Crippen molar-refractivity contribution in [2.75, 3.05) is 23.8 Å². The Morgan fingerprint density at radius 2 is 2.26 bits per heavy atom. The van der Waals surface area contributed by atoms with Crippen LogP contribution in [0, 0.1) is 6.92 Å². The fraction of sp³-hybridized carbons (Fsp3) is 0.308. The molecule has 1 aromatic heterocycles. The second-order valence-electron chi connectivity index (χ2n) is 4.60. The van der Waals surface area contributed by atoms with Crippen LogP contribution in [-0.4, -0.2) is 29.7 Å². The van der Waals surface area contributed by atoms with Crippen LogP contribution in [0.4, 0.5) is 10.8 Å². The minimum absolute atomic E-state index is 0.131. The number of likely N-dealkylation sites (N-methyl/N-ethyl adjacent to an activating group) is 1. The van der Waals surface area contributed by atoms with E-state index in [0.717, 1.165) is 18.0 Å². The fourth-order valence-corrected chi connectivity index (χ4v) is 2.81. The maximum atomic E-state index is 12.1. The van der Waals surface area contributed by atoms with Crippen molar-refractivity contribution in [2.24, 2.45) is 0 Å². The highest BCUT2D eigenvalue weighted by Crippen LogP contribution is 2.27. The van der Waals surface area contributed by atoms with Crippen molar-refractivity contribution in [3.05, 3.63) is 34.3 Å². The molecule has 19 heavy (non-hydrogen) atoms. The van der Waals surface area contributed by atoms with Crippen molar-refractivity contribution < 1.29 is 4.79 Å². The van der Waals surface area contributed by atoms with E-state index in [4.69, 9.17) is 0 Å². The van der Waals surface area contributed by atoms with Crippen LogP contribution >= 0.6 is 11.3 Å². The molecule has 0 aliphatic carbocycles. The van der Waals surface area contributed by atoms with Gasteiger partial charge in [-0.05, 0) is 37.1 Å². The number of fused-ring (bicyclic) bond motifs is 1. The summed E-state index contributed by atoms with van der Waals surface area (Å²) in [6.45, 7) is 2.87. The molecule has 0 unspecified atom stereocenters. The van der Waals surface area contributed by atoms with Gasteiger partial charge in [-0.15, -0.1) is 10.2 Å². The standard InChI is InChI=1S/C13H14N4OS/c1-8-15-16-13(19-8)14-12(18)10-3-4-11-9(7-10)5-6-17(11)2/h3-4,7H,5-6H2,1-2H3,(H,14,16,18). The van der Waals surface area contributed by atoms with Gasteiger partial charge in [-0.25, -0.2) is 0 Å². The topological polar surface area (TPSA) is 58.1 Å². The first-order chi connectivity index (χ1) is 9.13. The molecule has 0 saturated carbocycles. The third-order valence-electron chi connectivity index (χ3n) is 3.22. The van der Waals surface area contributed by atoms with Crippen molar-refractivity contribution in [3.63, 3.8) is 0 Å². The first-order valence-electron chi connectivity index (χ1n) is 6.09. The van der Waals surface area contributed by atoms with Crippen LogP contribution in [0.25, 0.3) is 0 Å². The van der Waals surface area contributed by atoms with Crippen LogP contribution in [0.2, 0.25) is 0 Å². The smallest absolute Gasteiger partial charge is 0.257 e. The fourth-order valence-electron chi connectivity index (χ4n) is 2.22. The lowest BCUT2D eigenvalue weighted by Gasteiger charge is -2.11. The molecular weight excluding hydrogens is 260 g/mol. The summed E-state index contributed by atoms with van der Waals surface area (Å²) in [7, 11) is 2.07. The summed E-state index contributed by atoms with van der Waals surface area (Å²) in [5.74, 6) is -0.131. The maximum absolute atomic E-state index is 12.1. The van der Waals surface area contributed by atoms with Gasteiger partial charge in [-0.1, -0.05) is 11.3 Å². The van der Waals surface area contributed by atoms with E-state index in [1.165, 1.54) is 22.6 Å². The molecule has 5 nitrogen and oxygen atoms in total. The number of nitrogens with zero attached hydrogens (tertiary/aromatic N) is 3. The second-order valence-corrected chi connectivity index (χ2v) is 5.78. The number of benzene rings is 1. The molecule has 0 bridgehead atoms. The Kier molecular flexibility index (Phi) is 2.94. The molecule has 3 rings (SSSR count). The highest BCUT2D eigenvalue weighted by Gasteiger charge is 2.18. The molecule has 6 heteroatoms. The van der Waals surface area contributed by atoms with Gasteiger partial charge in [-0.3, -0.25) is 10.1 Å². The van der Waals surface area contributed by atoms with Gasteiger partial charge in [0.25, 0.3) is 5.91 Å². The summed E-state index contributed by atoms with van der Waals surface area (Å²) in [5.41, 5.74) is 3.11. The van der Waals surface area contributed by atoms with Crippen LogP contribution in [0.3, 0.4) is 0 Å². The molecule has 1 amide bonds. The largest absolute Gasteiger partial charge is 0.374 e. The molecular formula is C13H14N4OS. The van der Waals surface area contributed by atoms with E-state index in [-0.39, 0.29) is 5.91 Å². The molecule has 2 heterocycles. The van der Waals surface area contributed by atoms with Crippen molar-refractivity contribution >= 4 is 28.1 Å². The van der Waals surface area contributed by atoms with E-state index in [0.29, 0.717) is 10.7 Å². The third-order valence-corrected chi connectivity index (χ3v) is 3.97. The normalized spacial score (nSPS) is 13.5. The van der Waals surface area contributed by atoms with E-state index in [9.17, 15) is 4.79 Å². The van der Waals surface area contributed by atoms with Gasteiger partial charge in [0.15, 0.2) is 0 Å². The van der Waals surface area contributed by atoms with Gasteiger partial charge in [0.05, 0.1) is 0 Å². The Hall–Kier alpha value is -1.95. The van der Waals surface area contributed by atoms with Crippen molar-refractivity contribution in [3.8, 4) is 0 Å². The van der Waals surface area contributed by atoms with Crippen molar-refractivity contribution in [1.29, 1.82) is 0 Å². The number of carbonyl (C=O) groups is 1. The molecule has 0 radical (unpaired) electrons. The Balaban J connectivity index is 1.81. The average molecular weight is 274 g/mol. The number of hydrogen-bond donors (Lipinski definition) is 1. The zero-order chi connectivity index (χ0) is 13.4. The Morgan fingerprint density at radius 1 is 1.42 bits per heavy atom. The molecule has 0 atom stereocenters. The number of anilines is 2. The summed E-state index contributed by atoms with van der Waals surface area (Å²) in [4.78, 5) is 14.3. The zero-order valence-electron chi connectivity index (χ0n) is 10.8. The maximum Gasteiger partial charge on any atom is 0.257 e. The third kappa shape index (κ3) is 2.31. The molecule has 2 aromatic rings. The van der Waals surface area contributed by atoms with Gasteiger partial charge in [0.2, 0.25) is 5.13 Å². The predicted octanol–water partition coefficient (Wildman–Crippen LogP) is 2.09. The van der Waals surface area contributed by atoms with E-state index in [1.54, 1.807) is 0 Å². The minimum Gasteiger partial charge on any atom is -0.374 e. The van der Waals surface area contributed by atoms with E-state index < -0.39 is 0 Å². The van der Waals surface area contributed by atoms with E-state index in [2.05, 4.69) is 27.5 Å². The van der Waals surface area contributed by atoms with Crippen molar-refractivity contribution in [2.45, 2.75) is 13.3 Å².